The van der Waals surface area contributed by atoms with Gasteiger partial charge in [0, 0.05) is 0 Å². The Hall–Kier alpha value is 0.400. The van der Waals surface area contributed by atoms with E-state index in [0.717, 1.165) is 4.48 Å². The average molecular weight is 170 g/mol. The number of quaternary nitrogens is 1. The van der Waals surface area contributed by atoms with Crippen LogP contribution in [0.3, 0.4) is 0 Å². The highest BCUT2D eigenvalue weighted by atomic mass is 79.9. The monoisotopic (exact) mass is 169 g/mol. The topological polar surface area (TPSA) is 23.1 Å². The summed E-state index contributed by atoms with van der Waals surface area (Å²) in [6.45, 7) is 0. The van der Waals surface area contributed by atoms with Gasteiger partial charge in [-0.3, -0.25) is 0 Å². The van der Waals surface area contributed by atoms with Crippen molar-refractivity contribution in [2.75, 3.05) is 28.2 Å². The van der Waals surface area contributed by atoms with E-state index in [0.29, 0.717) is 0 Å². The maximum atomic E-state index is 8.06. The zero-order chi connectivity index (χ0) is 6.50. The molecule has 0 spiro atoms. The summed E-state index contributed by atoms with van der Waals surface area (Å²) in [7, 11) is 8.50. The number of nitrogens with zero attached hydrogens (tertiary/aromatic N) is 1. The number of rotatable bonds is 0. The van der Waals surface area contributed by atoms with E-state index in [9.17, 15) is 0 Å². The Morgan fingerprint density at radius 1 is 1.00 bits per heavy atom. The maximum absolute atomic E-state index is 8.06. The van der Waals surface area contributed by atoms with Gasteiger partial charge in [-0.25, -0.2) is 16.3 Å². The molecule has 2 nitrogen and oxygen atoms in total. The first-order valence-corrected chi connectivity index (χ1v) is 2.59. The molecule has 0 amide bonds. The Morgan fingerprint density at radius 3 is 1.00 bits per heavy atom. The van der Waals surface area contributed by atoms with Crippen molar-refractivity contribution in [2.24, 2.45) is 0 Å². The molecule has 3 heteroatoms. The molecule has 0 aliphatic carbocycles. The highest BCUT2D eigenvalue weighted by molar-refractivity contribution is 9.04. The van der Waals surface area contributed by atoms with E-state index in [-0.39, 0.29) is 0 Å². The summed E-state index contributed by atoms with van der Waals surface area (Å²) in [6.07, 6.45) is 0. The highest BCUT2D eigenvalue weighted by Gasteiger charge is 1.88. The van der Waals surface area contributed by atoms with Gasteiger partial charge >= 0.3 is 0 Å². The van der Waals surface area contributed by atoms with Crippen LogP contribution in [0.15, 0.2) is 0 Å². The molecule has 0 aromatic carbocycles. The minimum Gasteiger partial charge on any atom is -0.791 e. The lowest BCUT2D eigenvalue weighted by molar-refractivity contribution is -0.849. The molecule has 0 bridgehead atoms. The Balaban J connectivity index is 0. The van der Waals surface area contributed by atoms with E-state index < -0.39 is 0 Å². The van der Waals surface area contributed by atoms with Crippen molar-refractivity contribution in [3.63, 3.8) is 0 Å². The molecule has 0 N–H and O–H groups in total. The number of halogens is 1. The van der Waals surface area contributed by atoms with Crippen molar-refractivity contribution in [2.45, 2.75) is 0 Å². The Bertz CT molecular complexity index is 27.2. The van der Waals surface area contributed by atoms with E-state index in [4.69, 9.17) is 4.20 Å². The molecule has 7 heavy (non-hydrogen) atoms. The summed E-state index contributed by atoms with van der Waals surface area (Å²) in [5.41, 5.74) is 0. The number of hydrogen-bond donors (Lipinski definition) is 0. The predicted octanol–water partition coefficient (Wildman–Crippen LogP) is -0.0210. The highest BCUT2D eigenvalue weighted by Crippen LogP contribution is 1.73. The van der Waals surface area contributed by atoms with Gasteiger partial charge in [-0.2, -0.15) is 0 Å². The van der Waals surface area contributed by atoms with E-state index in [1.54, 1.807) is 16.3 Å². The summed E-state index contributed by atoms with van der Waals surface area (Å²) in [5, 5.41) is 0. The van der Waals surface area contributed by atoms with Crippen LogP contribution in [0.1, 0.15) is 0 Å². The van der Waals surface area contributed by atoms with Crippen molar-refractivity contribution in [3.05, 3.63) is 0 Å². The van der Waals surface area contributed by atoms with Crippen molar-refractivity contribution >= 4 is 16.3 Å². The van der Waals surface area contributed by atoms with Gasteiger partial charge < -0.3 is 8.68 Å². The van der Waals surface area contributed by atoms with E-state index >= 15 is 0 Å². The molecule has 0 saturated carbocycles. The first kappa shape index (κ1) is 10.4. The summed E-state index contributed by atoms with van der Waals surface area (Å²) in [4.78, 5) is 0. The second-order valence-electron chi connectivity index (χ2n) is 2.68. The average Bonchev–Trinajstić information content (AvgIpc) is 1.36. The van der Waals surface area contributed by atoms with Gasteiger partial charge in [-0.1, -0.05) is 0 Å². The van der Waals surface area contributed by atoms with Gasteiger partial charge in [0.1, 0.15) is 0 Å². The van der Waals surface area contributed by atoms with Crippen LogP contribution in [-0.2, 0) is 0 Å². The third kappa shape index (κ3) is 774. The molecular weight excluding hydrogens is 158 g/mol. The molecule has 0 fully saturated rings. The van der Waals surface area contributed by atoms with Crippen LogP contribution < -0.4 is 4.20 Å². The fraction of sp³-hybridized carbons (Fsp3) is 1.00. The largest absolute Gasteiger partial charge is 0.791 e. The van der Waals surface area contributed by atoms with Crippen LogP contribution in [-0.4, -0.2) is 32.7 Å². The van der Waals surface area contributed by atoms with Crippen LogP contribution in [0.5, 0.6) is 0 Å². The zero-order valence-electron chi connectivity index (χ0n) is 5.23. The third-order valence-electron chi connectivity index (χ3n) is 0. The minimum atomic E-state index is 1.00. The maximum Gasteiger partial charge on any atom is 0.0675 e. The number of hydrogen-bond acceptors (Lipinski definition) is 1. The van der Waals surface area contributed by atoms with Crippen LogP contribution >= 0.6 is 16.3 Å². The van der Waals surface area contributed by atoms with Crippen molar-refractivity contribution in [1.82, 2.24) is 0 Å². The first-order chi connectivity index (χ1) is 3.00. The molecule has 0 radical (unpaired) electrons. The quantitative estimate of drug-likeness (QED) is 0.468. The molecule has 0 rings (SSSR count). The van der Waals surface area contributed by atoms with Crippen LogP contribution in [0.25, 0.3) is 0 Å². The van der Waals surface area contributed by atoms with Crippen molar-refractivity contribution in [1.29, 1.82) is 0 Å². The molecule has 0 saturated heterocycles. The predicted molar refractivity (Wildman–Crippen MR) is 32.9 cm³/mol. The van der Waals surface area contributed by atoms with Crippen molar-refractivity contribution < 1.29 is 8.68 Å². The van der Waals surface area contributed by atoms with Gasteiger partial charge in [-0.05, 0) is 0 Å². The SMILES string of the molecule is C[N+](C)(C)C.[O-]Br. The van der Waals surface area contributed by atoms with Gasteiger partial charge in [0.15, 0.2) is 0 Å². The molecule has 0 atom stereocenters. The molecule has 0 unspecified atom stereocenters. The van der Waals surface area contributed by atoms with Crippen molar-refractivity contribution in [3.8, 4) is 0 Å². The van der Waals surface area contributed by atoms with E-state index in [2.05, 4.69) is 28.2 Å². The first-order valence-electron chi connectivity index (χ1n) is 1.94. The summed E-state index contributed by atoms with van der Waals surface area (Å²) < 4.78 is 9.06. The fourth-order valence-electron chi connectivity index (χ4n) is 0. The second-order valence-corrected chi connectivity index (χ2v) is 2.68. The normalized spacial score (nSPS) is 9.43. The van der Waals surface area contributed by atoms with E-state index in [1.165, 1.54) is 0 Å². The summed E-state index contributed by atoms with van der Waals surface area (Å²) in [5.74, 6) is 0. The molecule has 0 aliphatic heterocycles. The fourth-order valence-corrected chi connectivity index (χ4v) is 0. The molecule has 46 valence electrons. The third-order valence-corrected chi connectivity index (χ3v) is 0. The molecular formula is C4H12BrNO. The van der Waals surface area contributed by atoms with Crippen LogP contribution in [0.2, 0.25) is 0 Å². The molecule has 0 aromatic heterocycles. The minimum absolute atomic E-state index is 1.00. The summed E-state index contributed by atoms with van der Waals surface area (Å²) >= 11 is 1.69. The lowest BCUT2D eigenvalue weighted by Gasteiger charge is -2.14. The Labute approximate surface area is 53.8 Å². The Morgan fingerprint density at radius 2 is 1.00 bits per heavy atom. The smallest absolute Gasteiger partial charge is 0.0675 e. The molecule has 0 heterocycles. The molecule has 0 aliphatic rings. The Kier molecular flexibility index (Phi) is 6.77. The zero-order valence-corrected chi connectivity index (χ0v) is 6.82. The standard InChI is InChI=1S/C4H12N.BrO/c1-5(2,3)4;1-2/h1-4H3;/q+1;-1. The second kappa shape index (κ2) is 4.56. The molecule has 0 aromatic rings. The van der Waals surface area contributed by atoms with Crippen LogP contribution in [0.4, 0.5) is 0 Å². The van der Waals surface area contributed by atoms with Gasteiger partial charge in [0.2, 0.25) is 0 Å². The summed E-state index contributed by atoms with van der Waals surface area (Å²) in [6, 6.07) is 0. The van der Waals surface area contributed by atoms with Gasteiger partial charge in [-0.15, -0.1) is 0 Å². The van der Waals surface area contributed by atoms with Crippen LogP contribution in [0, 0.1) is 0 Å². The van der Waals surface area contributed by atoms with Gasteiger partial charge in [0.25, 0.3) is 0 Å². The lowest BCUT2D eigenvalue weighted by atomic mass is 10.8. The lowest BCUT2D eigenvalue weighted by Crippen LogP contribution is -2.27. The van der Waals surface area contributed by atoms with Gasteiger partial charge in [0.05, 0.1) is 28.2 Å². The van der Waals surface area contributed by atoms with E-state index in [1.807, 2.05) is 0 Å².